The summed E-state index contributed by atoms with van der Waals surface area (Å²) >= 11 is 0. The van der Waals surface area contributed by atoms with Gasteiger partial charge < -0.3 is 9.88 Å². The molecule has 1 saturated heterocycles. The van der Waals surface area contributed by atoms with Gasteiger partial charge in [-0.2, -0.15) is 0 Å². The summed E-state index contributed by atoms with van der Waals surface area (Å²) in [5.41, 5.74) is -0.930. The first-order valence-electron chi connectivity index (χ1n) is 7.66. The predicted octanol–water partition coefficient (Wildman–Crippen LogP) is 1.87. The van der Waals surface area contributed by atoms with Crippen LogP contribution < -0.4 is 11.2 Å². The zero-order valence-electron chi connectivity index (χ0n) is 12.8. The molecular formula is C16H20FN3O2. The summed E-state index contributed by atoms with van der Waals surface area (Å²) in [6.07, 6.45) is 1.50. The zero-order chi connectivity index (χ0) is 15.9. The van der Waals surface area contributed by atoms with E-state index in [0.717, 1.165) is 25.9 Å². The summed E-state index contributed by atoms with van der Waals surface area (Å²) < 4.78 is 15.0. The molecule has 1 aliphatic rings. The number of halogens is 1. The van der Waals surface area contributed by atoms with Crippen LogP contribution in [0.2, 0.25) is 0 Å². The van der Waals surface area contributed by atoms with Crippen LogP contribution >= 0.6 is 0 Å². The standard InChI is InChI=1S/C16H20FN3O2/c1-10(2)19-8-6-11(7-9-19)20-15(21)12-4-3-5-13(17)14(12)18-16(20)22/h3-5,10-11H,6-9H2,1-2H3,(H,18,22). The Balaban J connectivity index is 2.02. The molecule has 1 fully saturated rings. The Labute approximate surface area is 127 Å². The molecule has 2 heterocycles. The lowest BCUT2D eigenvalue weighted by Crippen LogP contribution is -2.45. The fourth-order valence-corrected chi connectivity index (χ4v) is 3.21. The number of aromatic nitrogens is 2. The smallest absolute Gasteiger partial charge is 0.304 e. The van der Waals surface area contributed by atoms with Crippen LogP contribution in [-0.4, -0.2) is 33.6 Å². The van der Waals surface area contributed by atoms with Crippen molar-refractivity contribution in [2.24, 2.45) is 0 Å². The Bertz CT molecular complexity index is 801. The van der Waals surface area contributed by atoms with E-state index >= 15 is 0 Å². The van der Waals surface area contributed by atoms with Gasteiger partial charge in [0.2, 0.25) is 0 Å². The van der Waals surface area contributed by atoms with Crippen LogP contribution in [0.15, 0.2) is 27.8 Å². The van der Waals surface area contributed by atoms with Crippen molar-refractivity contribution in [3.05, 3.63) is 44.9 Å². The number of nitrogens with one attached hydrogen (secondary N) is 1. The van der Waals surface area contributed by atoms with E-state index in [9.17, 15) is 14.0 Å². The minimum atomic E-state index is -0.575. The third-order valence-corrected chi connectivity index (χ3v) is 4.51. The minimum absolute atomic E-state index is 0.00614. The molecule has 0 atom stereocenters. The van der Waals surface area contributed by atoms with Crippen LogP contribution in [-0.2, 0) is 0 Å². The maximum Gasteiger partial charge on any atom is 0.329 e. The lowest BCUT2D eigenvalue weighted by atomic mass is 10.0. The van der Waals surface area contributed by atoms with Gasteiger partial charge in [-0.3, -0.25) is 9.36 Å². The molecule has 22 heavy (non-hydrogen) atoms. The van der Waals surface area contributed by atoms with E-state index in [1.807, 2.05) is 0 Å². The Kier molecular flexibility index (Phi) is 3.87. The highest BCUT2D eigenvalue weighted by atomic mass is 19.1. The molecule has 2 aromatic rings. The maximum atomic E-state index is 13.7. The number of rotatable bonds is 2. The molecule has 1 aromatic heterocycles. The van der Waals surface area contributed by atoms with Gasteiger partial charge in [0.05, 0.1) is 10.9 Å². The van der Waals surface area contributed by atoms with E-state index in [1.165, 1.54) is 16.7 Å². The molecule has 0 unspecified atom stereocenters. The third kappa shape index (κ3) is 2.47. The topological polar surface area (TPSA) is 58.1 Å². The van der Waals surface area contributed by atoms with Gasteiger partial charge in [0.25, 0.3) is 5.56 Å². The van der Waals surface area contributed by atoms with Crippen molar-refractivity contribution >= 4 is 10.9 Å². The molecule has 3 rings (SSSR count). The quantitative estimate of drug-likeness (QED) is 0.921. The fraction of sp³-hybridized carbons (Fsp3) is 0.500. The molecule has 0 spiro atoms. The second kappa shape index (κ2) is 5.68. The van der Waals surface area contributed by atoms with Gasteiger partial charge in [0.1, 0.15) is 5.82 Å². The first kappa shape index (κ1) is 15.0. The van der Waals surface area contributed by atoms with Gasteiger partial charge in [-0.05, 0) is 38.8 Å². The fourth-order valence-electron chi connectivity index (χ4n) is 3.21. The SMILES string of the molecule is CC(C)N1CCC(n2c(=O)[nH]c3c(F)cccc3c2=O)CC1. The van der Waals surface area contributed by atoms with Crippen LogP contribution in [0.25, 0.3) is 10.9 Å². The average Bonchev–Trinajstić information content (AvgIpc) is 2.49. The molecule has 1 N–H and O–H groups in total. The van der Waals surface area contributed by atoms with E-state index in [4.69, 9.17) is 0 Å². The Morgan fingerprint density at radius 1 is 1.23 bits per heavy atom. The number of likely N-dealkylation sites (tertiary alicyclic amines) is 1. The molecule has 0 aliphatic carbocycles. The second-order valence-electron chi connectivity index (χ2n) is 6.13. The lowest BCUT2D eigenvalue weighted by Gasteiger charge is -2.34. The van der Waals surface area contributed by atoms with Crippen molar-refractivity contribution in [1.82, 2.24) is 14.5 Å². The predicted molar refractivity (Wildman–Crippen MR) is 83.8 cm³/mol. The zero-order valence-corrected chi connectivity index (χ0v) is 12.8. The van der Waals surface area contributed by atoms with Gasteiger partial charge in [-0.1, -0.05) is 6.07 Å². The summed E-state index contributed by atoms with van der Waals surface area (Å²) in [7, 11) is 0. The second-order valence-corrected chi connectivity index (χ2v) is 6.13. The molecule has 0 amide bonds. The summed E-state index contributed by atoms with van der Waals surface area (Å²) in [5, 5.41) is 0.228. The van der Waals surface area contributed by atoms with E-state index in [0.29, 0.717) is 6.04 Å². The van der Waals surface area contributed by atoms with Crippen molar-refractivity contribution in [1.29, 1.82) is 0 Å². The summed E-state index contributed by atoms with van der Waals surface area (Å²) in [4.78, 5) is 29.7. The van der Waals surface area contributed by atoms with Crippen LogP contribution in [0, 0.1) is 5.82 Å². The Morgan fingerprint density at radius 2 is 1.91 bits per heavy atom. The number of fused-ring (bicyclic) bond motifs is 1. The van der Waals surface area contributed by atoms with E-state index in [1.54, 1.807) is 6.07 Å². The van der Waals surface area contributed by atoms with Gasteiger partial charge in [-0.15, -0.1) is 0 Å². The Hall–Kier alpha value is -1.95. The van der Waals surface area contributed by atoms with Gasteiger partial charge in [0.15, 0.2) is 0 Å². The molecule has 0 bridgehead atoms. The highest BCUT2D eigenvalue weighted by Gasteiger charge is 2.25. The molecule has 6 heteroatoms. The number of aromatic amines is 1. The van der Waals surface area contributed by atoms with E-state index in [-0.39, 0.29) is 16.9 Å². The lowest BCUT2D eigenvalue weighted by molar-refractivity contribution is 0.149. The third-order valence-electron chi connectivity index (χ3n) is 4.51. The molecule has 118 valence electrons. The van der Waals surface area contributed by atoms with Crippen molar-refractivity contribution < 1.29 is 4.39 Å². The van der Waals surface area contributed by atoms with Crippen LogP contribution in [0.5, 0.6) is 0 Å². The number of H-pyrrole nitrogens is 1. The van der Waals surface area contributed by atoms with Crippen molar-refractivity contribution in [2.75, 3.05) is 13.1 Å². The van der Waals surface area contributed by atoms with Crippen molar-refractivity contribution in [2.45, 2.75) is 38.8 Å². The van der Waals surface area contributed by atoms with Crippen LogP contribution in [0.4, 0.5) is 4.39 Å². The molecule has 5 nitrogen and oxygen atoms in total. The maximum absolute atomic E-state index is 13.7. The number of nitrogens with zero attached hydrogens (tertiary/aromatic N) is 2. The number of para-hydroxylation sites is 1. The van der Waals surface area contributed by atoms with Gasteiger partial charge >= 0.3 is 5.69 Å². The molecule has 0 radical (unpaired) electrons. The highest BCUT2D eigenvalue weighted by Crippen LogP contribution is 2.21. The van der Waals surface area contributed by atoms with Gasteiger partial charge in [0, 0.05) is 25.2 Å². The largest absolute Gasteiger partial charge is 0.329 e. The summed E-state index contributed by atoms with van der Waals surface area (Å²) in [6.45, 7) is 5.99. The summed E-state index contributed by atoms with van der Waals surface area (Å²) in [5.74, 6) is -0.575. The first-order valence-corrected chi connectivity index (χ1v) is 7.66. The normalized spacial score (nSPS) is 17.5. The molecule has 1 aromatic carbocycles. The number of hydrogen-bond donors (Lipinski definition) is 1. The number of piperidine rings is 1. The van der Waals surface area contributed by atoms with Crippen molar-refractivity contribution in [3.8, 4) is 0 Å². The monoisotopic (exact) mass is 305 g/mol. The van der Waals surface area contributed by atoms with E-state index in [2.05, 4.69) is 23.7 Å². The van der Waals surface area contributed by atoms with Crippen molar-refractivity contribution in [3.63, 3.8) is 0 Å². The van der Waals surface area contributed by atoms with Crippen LogP contribution in [0.3, 0.4) is 0 Å². The average molecular weight is 305 g/mol. The Morgan fingerprint density at radius 3 is 2.55 bits per heavy atom. The van der Waals surface area contributed by atoms with E-state index < -0.39 is 17.1 Å². The number of hydrogen-bond acceptors (Lipinski definition) is 3. The number of benzene rings is 1. The first-order chi connectivity index (χ1) is 10.5. The molecular weight excluding hydrogens is 285 g/mol. The highest BCUT2D eigenvalue weighted by molar-refractivity contribution is 5.77. The summed E-state index contributed by atoms with van der Waals surface area (Å²) in [6, 6.07) is 4.61. The molecule has 0 saturated carbocycles. The van der Waals surface area contributed by atoms with Crippen LogP contribution in [0.1, 0.15) is 32.7 Å². The minimum Gasteiger partial charge on any atom is -0.304 e. The van der Waals surface area contributed by atoms with Gasteiger partial charge in [-0.25, -0.2) is 9.18 Å². The molecule has 1 aliphatic heterocycles.